The Hall–Kier alpha value is -2.90. The van der Waals surface area contributed by atoms with E-state index in [-0.39, 0.29) is 18.4 Å². The molecule has 0 aromatic heterocycles. The van der Waals surface area contributed by atoms with E-state index in [1.54, 1.807) is 0 Å². The van der Waals surface area contributed by atoms with Crippen LogP contribution in [0, 0.1) is 11.8 Å². The first-order valence-electron chi connectivity index (χ1n) is 13.4. The molecule has 1 fully saturated rings. The molecule has 0 radical (unpaired) electrons. The predicted molar refractivity (Wildman–Crippen MR) is 139 cm³/mol. The minimum absolute atomic E-state index is 0.104. The highest BCUT2D eigenvalue weighted by atomic mass is 16.5. The standard InChI is InChI=1S/C28H43N3O5/c1-4-11-23(18-32)29-26(33)24(16-20(2)3)30-27(34)25(17-21-12-7-5-8-13-21)31-28(35)36-19-22-14-9-6-10-15-22/h6,9-10,14-15,18,20-21,23-25H,4-5,7-8,11-13,16-17,19H2,1-3H3,(H,29,33)(H,30,34)(H,31,35)/t23-,24-,25-/m0/s1. The van der Waals surface area contributed by atoms with Crippen molar-refractivity contribution in [1.82, 2.24) is 16.0 Å². The number of alkyl carbamates (subject to hydrolysis) is 1. The Morgan fingerprint density at radius 2 is 1.64 bits per heavy atom. The van der Waals surface area contributed by atoms with E-state index < -0.39 is 30.1 Å². The van der Waals surface area contributed by atoms with Gasteiger partial charge in [0.2, 0.25) is 11.8 Å². The Kier molecular flexibility index (Phi) is 13.0. The number of rotatable bonds is 14. The minimum atomic E-state index is -0.809. The van der Waals surface area contributed by atoms with E-state index in [9.17, 15) is 19.2 Å². The Balaban J connectivity index is 2.08. The predicted octanol–water partition coefficient (Wildman–Crippen LogP) is 4.27. The maximum atomic E-state index is 13.4. The number of nitrogens with one attached hydrogen (secondary N) is 3. The number of aldehydes is 1. The summed E-state index contributed by atoms with van der Waals surface area (Å²) in [5.74, 6) is -0.324. The number of amides is 3. The average Bonchev–Trinajstić information content (AvgIpc) is 2.87. The van der Waals surface area contributed by atoms with Crippen LogP contribution in [0.15, 0.2) is 30.3 Å². The van der Waals surface area contributed by atoms with Crippen LogP contribution in [-0.4, -0.2) is 42.3 Å². The van der Waals surface area contributed by atoms with Crippen molar-refractivity contribution >= 4 is 24.2 Å². The van der Waals surface area contributed by atoms with Crippen molar-refractivity contribution < 1.29 is 23.9 Å². The second-order valence-corrected chi connectivity index (χ2v) is 10.2. The molecule has 0 saturated heterocycles. The van der Waals surface area contributed by atoms with Crippen molar-refractivity contribution in [2.75, 3.05) is 0 Å². The zero-order valence-electron chi connectivity index (χ0n) is 22.0. The van der Waals surface area contributed by atoms with Crippen molar-refractivity contribution in [3.63, 3.8) is 0 Å². The lowest BCUT2D eigenvalue weighted by molar-refractivity contribution is -0.131. The summed E-state index contributed by atoms with van der Waals surface area (Å²) in [7, 11) is 0. The van der Waals surface area contributed by atoms with E-state index in [1.807, 2.05) is 51.1 Å². The summed E-state index contributed by atoms with van der Waals surface area (Å²) in [5, 5.41) is 8.34. The van der Waals surface area contributed by atoms with Gasteiger partial charge in [-0.05, 0) is 36.7 Å². The SMILES string of the molecule is CCC[C@@H](C=O)NC(=O)[C@H](CC(C)C)NC(=O)[C@H](CC1CCCCC1)NC(=O)OCc1ccccc1. The number of ether oxygens (including phenoxy) is 1. The van der Waals surface area contributed by atoms with Gasteiger partial charge >= 0.3 is 6.09 Å². The zero-order valence-corrected chi connectivity index (χ0v) is 22.0. The lowest BCUT2D eigenvalue weighted by Crippen LogP contribution is -2.55. The molecule has 8 nitrogen and oxygen atoms in total. The third-order valence-electron chi connectivity index (χ3n) is 6.55. The molecule has 8 heteroatoms. The normalized spacial score (nSPS) is 16.4. The molecule has 1 aliphatic rings. The molecule has 1 aromatic carbocycles. The molecule has 1 aliphatic carbocycles. The van der Waals surface area contributed by atoms with Crippen LogP contribution in [0.25, 0.3) is 0 Å². The summed E-state index contributed by atoms with van der Waals surface area (Å²) >= 11 is 0. The highest BCUT2D eigenvalue weighted by molar-refractivity contribution is 5.92. The Bertz CT molecular complexity index is 824. The number of carbonyl (C=O) groups excluding carboxylic acids is 4. The first-order valence-corrected chi connectivity index (χ1v) is 13.4. The number of hydrogen-bond donors (Lipinski definition) is 3. The van der Waals surface area contributed by atoms with Crippen molar-refractivity contribution in [3.8, 4) is 0 Å². The third kappa shape index (κ3) is 10.8. The molecule has 2 rings (SSSR count). The molecule has 3 amide bonds. The summed E-state index contributed by atoms with van der Waals surface area (Å²) in [5.41, 5.74) is 0.853. The van der Waals surface area contributed by atoms with Gasteiger partial charge in [-0.15, -0.1) is 0 Å². The van der Waals surface area contributed by atoms with Crippen molar-refractivity contribution in [3.05, 3.63) is 35.9 Å². The largest absolute Gasteiger partial charge is 0.445 e. The molecule has 0 unspecified atom stereocenters. The van der Waals surface area contributed by atoms with Crippen molar-refractivity contribution in [2.45, 2.75) is 103 Å². The lowest BCUT2D eigenvalue weighted by Gasteiger charge is -2.28. The average molecular weight is 502 g/mol. The van der Waals surface area contributed by atoms with Gasteiger partial charge in [0.15, 0.2) is 0 Å². The van der Waals surface area contributed by atoms with Crippen LogP contribution < -0.4 is 16.0 Å². The van der Waals surface area contributed by atoms with E-state index >= 15 is 0 Å². The van der Waals surface area contributed by atoms with Crippen LogP contribution in [-0.2, 0) is 25.7 Å². The van der Waals surface area contributed by atoms with Crippen molar-refractivity contribution in [2.24, 2.45) is 11.8 Å². The molecule has 3 atom stereocenters. The third-order valence-corrected chi connectivity index (χ3v) is 6.55. The number of hydrogen-bond acceptors (Lipinski definition) is 5. The molecule has 0 aliphatic heterocycles. The topological polar surface area (TPSA) is 114 Å². The second-order valence-electron chi connectivity index (χ2n) is 10.2. The molecule has 0 bridgehead atoms. The van der Waals surface area contributed by atoms with Crippen LogP contribution in [0.1, 0.15) is 84.1 Å². The van der Waals surface area contributed by atoms with Crippen molar-refractivity contribution in [1.29, 1.82) is 0 Å². The van der Waals surface area contributed by atoms with Crippen LogP contribution in [0.4, 0.5) is 4.79 Å². The van der Waals surface area contributed by atoms with Gasteiger partial charge in [0.1, 0.15) is 25.0 Å². The van der Waals surface area contributed by atoms with E-state index in [1.165, 1.54) is 6.42 Å². The lowest BCUT2D eigenvalue weighted by atomic mass is 9.84. The molecular formula is C28H43N3O5. The molecule has 36 heavy (non-hydrogen) atoms. The maximum Gasteiger partial charge on any atom is 0.408 e. The zero-order chi connectivity index (χ0) is 26.3. The molecular weight excluding hydrogens is 458 g/mol. The first kappa shape index (κ1) is 29.3. The quantitative estimate of drug-likeness (QED) is 0.330. The molecule has 1 aromatic rings. The van der Waals surface area contributed by atoms with Crippen LogP contribution in [0.3, 0.4) is 0 Å². The van der Waals surface area contributed by atoms with E-state index in [0.717, 1.165) is 44.0 Å². The van der Waals surface area contributed by atoms with Gasteiger partial charge in [-0.1, -0.05) is 89.6 Å². The van der Waals surface area contributed by atoms with Gasteiger partial charge in [0, 0.05) is 0 Å². The van der Waals surface area contributed by atoms with Gasteiger partial charge in [-0.25, -0.2) is 4.79 Å². The maximum absolute atomic E-state index is 13.4. The Labute approximate surface area is 215 Å². The van der Waals surface area contributed by atoms with Gasteiger partial charge < -0.3 is 25.5 Å². The molecule has 1 saturated carbocycles. The molecule has 0 heterocycles. The highest BCUT2D eigenvalue weighted by Crippen LogP contribution is 2.27. The number of benzene rings is 1. The van der Waals surface area contributed by atoms with E-state index in [4.69, 9.17) is 4.74 Å². The first-order chi connectivity index (χ1) is 17.3. The number of carbonyl (C=O) groups is 4. The second kappa shape index (κ2) is 16.0. The van der Waals surface area contributed by atoms with Gasteiger partial charge in [-0.2, -0.15) is 0 Å². The van der Waals surface area contributed by atoms with Gasteiger partial charge in [-0.3, -0.25) is 9.59 Å². The Morgan fingerprint density at radius 3 is 2.25 bits per heavy atom. The van der Waals surface area contributed by atoms with Crippen LogP contribution in [0.2, 0.25) is 0 Å². The van der Waals surface area contributed by atoms with E-state index in [2.05, 4.69) is 16.0 Å². The smallest absolute Gasteiger partial charge is 0.408 e. The summed E-state index contributed by atoms with van der Waals surface area (Å²) in [6.45, 7) is 5.98. The molecule has 3 N–H and O–H groups in total. The fourth-order valence-electron chi connectivity index (χ4n) is 4.64. The fraction of sp³-hybridized carbons (Fsp3) is 0.643. The summed E-state index contributed by atoms with van der Waals surface area (Å²) in [6, 6.07) is 7.15. The fourth-order valence-corrected chi connectivity index (χ4v) is 4.64. The summed E-state index contributed by atoms with van der Waals surface area (Å²) in [4.78, 5) is 50.3. The minimum Gasteiger partial charge on any atom is -0.445 e. The van der Waals surface area contributed by atoms with Gasteiger partial charge in [0.25, 0.3) is 0 Å². The Morgan fingerprint density at radius 1 is 0.972 bits per heavy atom. The monoisotopic (exact) mass is 501 g/mol. The highest BCUT2D eigenvalue weighted by Gasteiger charge is 2.30. The van der Waals surface area contributed by atoms with Gasteiger partial charge in [0.05, 0.1) is 6.04 Å². The summed E-state index contributed by atoms with van der Waals surface area (Å²) in [6.07, 6.45) is 7.71. The molecule has 0 spiro atoms. The van der Waals surface area contributed by atoms with Crippen LogP contribution in [0.5, 0.6) is 0 Å². The van der Waals surface area contributed by atoms with Crippen LogP contribution >= 0.6 is 0 Å². The van der Waals surface area contributed by atoms with E-state index in [0.29, 0.717) is 25.2 Å². The summed E-state index contributed by atoms with van der Waals surface area (Å²) < 4.78 is 5.36. The molecule has 200 valence electrons.